The van der Waals surface area contributed by atoms with Gasteiger partial charge in [0.25, 0.3) is 0 Å². The van der Waals surface area contributed by atoms with E-state index in [-0.39, 0.29) is 17.3 Å². The summed E-state index contributed by atoms with van der Waals surface area (Å²) in [6.07, 6.45) is 8.10. The summed E-state index contributed by atoms with van der Waals surface area (Å²) in [4.78, 5) is 25.4. The average molecular weight is 461 g/mol. The van der Waals surface area contributed by atoms with Crippen molar-refractivity contribution >= 4 is 11.8 Å². The Balaban J connectivity index is 1.28. The number of Topliss-reactive ketones (excluding diaryl/α,β-unsaturated/α-hetero) is 1. The summed E-state index contributed by atoms with van der Waals surface area (Å²) in [5, 5.41) is 0. The number of hydrogen-bond donors (Lipinski definition) is 0. The van der Waals surface area contributed by atoms with Gasteiger partial charge in [-0.3, -0.25) is 4.79 Å². The van der Waals surface area contributed by atoms with Crippen LogP contribution in [0.2, 0.25) is 0 Å². The zero-order valence-electron chi connectivity index (χ0n) is 20.6. The fourth-order valence-corrected chi connectivity index (χ4v) is 7.59. The highest BCUT2D eigenvalue weighted by Crippen LogP contribution is 2.63. The molecule has 5 atom stereocenters. The van der Waals surface area contributed by atoms with Gasteiger partial charge < -0.3 is 9.47 Å². The predicted octanol–water partition coefficient (Wildman–Crippen LogP) is 6.16. The fourth-order valence-electron chi connectivity index (χ4n) is 7.59. The van der Waals surface area contributed by atoms with E-state index < -0.39 is 0 Å². The van der Waals surface area contributed by atoms with Gasteiger partial charge in [-0.25, -0.2) is 4.79 Å². The largest absolute Gasteiger partial charge is 0.497 e. The van der Waals surface area contributed by atoms with E-state index in [4.69, 9.17) is 9.47 Å². The maximum atomic E-state index is 13.4. The molecule has 0 heterocycles. The summed E-state index contributed by atoms with van der Waals surface area (Å²) in [6, 6.07) is 14.2. The molecule has 0 aromatic heterocycles. The quantitative estimate of drug-likeness (QED) is 0.485. The van der Waals surface area contributed by atoms with Crippen LogP contribution >= 0.6 is 0 Å². The number of carbonyl (C=O) groups excluding carboxylic acids is 2. The Kier molecular flexibility index (Phi) is 6.26. The van der Waals surface area contributed by atoms with Crippen LogP contribution in [0.1, 0.15) is 78.4 Å². The molecule has 2 saturated carbocycles. The second-order valence-corrected chi connectivity index (χ2v) is 10.8. The Hall–Kier alpha value is -2.62. The van der Waals surface area contributed by atoms with E-state index in [1.807, 2.05) is 24.3 Å². The normalized spacial score (nSPS) is 29.5. The van der Waals surface area contributed by atoms with Crippen molar-refractivity contribution in [2.24, 2.45) is 23.2 Å². The molecule has 4 heteroatoms. The molecule has 0 aliphatic heterocycles. The van der Waals surface area contributed by atoms with Crippen LogP contribution in [0.15, 0.2) is 42.5 Å². The number of fused-ring (bicyclic) bond motifs is 5. The highest BCUT2D eigenvalue weighted by Gasteiger charge is 2.56. The molecule has 2 fully saturated rings. The number of carbonyl (C=O) groups is 2. The van der Waals surface area contributed by atoms with Crippen molar-refractivity contribution in [2.45, 2.75) is 64.2 Å². The van der Waals surface area contributed by atoms with Crippen molar-refractivity contribution in [3.63, 3.8) is 0 Å². The Morgan fingerprint density at radius 1 is 1.00 bits per heavy atom. The first kappa shape index (κ1) is 23.1. The lowest BCUT2D eigenvalue weighted by atomic mass is 9.53. The molecule has 0 amide bonds. The van der Waals surface area contributed by atoms with Gasteiger partial charge in [0, 0.05) is 12.3 Å². The van der Waals surface area contributed by atoms with Crippen LogP contribution in [-0.2, 0) is 22.4 Å². The topological polar surface area (TPSA) is 52.6 Å². The fraction of sp³-hybridized carbons (Fsp3) is 0.533. The van der Waals surface area contributed by atoms with Gasteiger partial charge in [0.1, 0.15) is 11.5 Å². The molecule has 2 aromatic carbocycles. The molecule has 0 unspecified atom stereocenters. The van der Waals surface area contributed by atoms with Crippen molar-refractivity contribution in [2.75, 3.05) is 14.2 Å². The third kappa shape index (κ3) is 3.95. The summed E-state index contributed by atoms with van der Waals surface area (Å²) < 4.78 is 10.2. The van der Waals surface area contributed by atoms with E-state index in [1.165, 1.54) is 30.2 Å². The van der Waals surface area contributed by atoms with Crippen LogP contribution in [-0.4, -0.2) is 26.0 Å². The van der Waals surface area contributed by atoms with Crippen molar-refractivity contribution in [1.29, 1.82) is 0 Å². The lowest BCUT2D eigenvalue weighted by molar-refractivity contribution is -0.128. The molecule has 3 aliphatic rings. The summed E-state index contributed by atoms with van der Waals surface area (Å²) in [7, 11) is 3.11. The molecule has 34 heavy (non-hydrogen) atoms. The number of methoxy groups -OCH3 is 2. The van der Waals surface area contributed by atoms with Crippen LogP contribution in [0, 0.1) is 23.2 Å². The molecular formula is C30H36O4. The number of aryl methyl sites for hydroxylation is 2. The number of hydrogen-bond acceptors (Lipinski definition) is 4. The molecule has 2 aromatic rings. The van der Waals surface area contributed by atoms with Crippen LogP contribution in [0.4, 0.5) is 0 Å². The third-order valence-corrected chi connectivity index (χ3v) is 9.36. The SMILES string of the molecule is COC(=O)c1ccc2c(c1)CC[C@@H]1[C@@H]2CC[C@]2(C)[C@@H](C(=O)CCc3ccc(OC)cc3)CC[C@@H]12. The number of esters is 1. The molecule has 0 saturated heterocycles. The third-order valence-electron chi connectivity index (χ3n) is 9.36. The molecule has 5 rings (SSSR count). The van der Waals surface area contributed by atoms with Gasteiger partial charge in [0.15, 0.2) is 0 Å². The van der Waals surface area contributed by atoms with Crippen molar-refractivity contribution in [1.82, 2.24) is 0 Å². The Labute approximate surface area is 203 Å². The van der Waals surface area contributed by atoms with Crippen LogP contribution in [0.3, 0.4) is 0 Å². The summed E-state index contributed by atoms with van der Waals surface area (Å²) in [6.45, 7) is 2.41. The second kappa shape index (κ2) is 9.20. The summed E-state index contributed by atoms with van der Waals surface area (Å²) >= 11 is 0. The van der Waals surface area contributed by atoms with E-state index in [1.54, 1.807) is 7.11 Å². The van der Waals surface area contributed by atoms with Gasteiger partial charge in [-0.2, -0.15) is 0 Å². The second-order valence-electron chi connectivity index (χ2n) is 10.8. The molecule has 3 aliphatic carbocycles. The molecule has 0 spiro atoms. The van der Waals surface area contributed by atoms with Crippen LogP contribution < -0.4 is 4.74 Å². The molecule has 0 bridgehead atoms. The lowest BCUT2D eigenvalue weighted by Crippen LogP contribution is -2.44. The van der Waals surface area contributed by atoms with Crippen molar-refractivity contribution < 1.29 is 19.1 Å². The molecular weight excluding hydrogens is 424 g/mol. The molecule has 0 N–H and O–H groups in total. The maximum Gasteiger partial charge on any atom is 0.337 e. The number of ether oxygens (including phenoxy) is 2. The molecule has 0 radical (unpaired) electrons. The van der Waals surface area contributed by atoms with Gasteiger partial charge >= 0.3 is 5.97 Å². The number of ketones is 1. The van der Waals surface area contributed by atoms with Crippen molar-refractivity contribution in [3.8, 4) is 5.75 Å². The van der Waals surface area contributed by atoms with E-state index in [2.05, 4.69) is 25.1 Å². The summed E-state index contributed by atoms with van der Waals surface area (Å²) in [5.74, 6) is 3.07. The first-order valence-corrected chi connectivity index (χ1v) is 12.8. The minimum Gasteiger partial charge on any atom is -0.497 e. The minimum atomic E-state index is -0.257. The predicted molar refractivity (Wildman–Crippen MR) is 132 cm³/mol. The van der Waals surface area contributed by atoms with Gasteiger partial charge in [-0.15, -0.1) is 0 Å². The minimum absolute atomic E-state index is 0.127. The van der Waals surface area contributed by atoms with Crippen LogP contribution in [0.25, 0.3) is 0 Å². The smallest absolute Gasteiger partial charge is 0.337 e. The van der Waals surface area contributed by atoms with Crippen molar-refractivity contribution in [3.05, 3.63) is 64.7 Å². The molecule has 180 valence electrons. The number of benzene rings is 2. The Morgan fingerprint density at radius 3 is 2.53 bits per heavy atom. The number of rotatable bonds is 6. The zero-order valence-corrected chi connectivity index (χ0v) is 20.6. The van der Waals surface area contributed by atoms with E-state index >= 15 is 0 Å². The van der Waals surface area contributed by atoms with E-state index in [0.29, 0.717) is 35.5 Å². The first-order valence-electron chi connectivity index (χ1n) is 12.8. The standard InChI is InChI=1S/C30H36O4/c1-30-17-16-24-23-11-8-21(29(32)34-3)18-20(23)7-12-25(24)26(30)13-14-27(30)28(31)15-6-19-4-9-22(33-2)10-5-19/h4-5,8-11,18,24-27H,6-7,12-17H2,1-3H3/t24-,25-,26+,27-,30+/m1/s1. The van der Waals surface area contributed by atoms with Crippen LogP contribution in [0.5, 0.6) is 5.75 Å². The lowest BCUT2D eigenvalue weighted by Gasteiger charge is -2.50. The average Bonchev–Trinajstić information content (AvgIpc) is 3.23. The van der Waals surface area contributed by atoms with Gasteiger partial charge in [-0.05, 0) is 109 Å². The highest BCUT2D eigenvalue weighted by molar-refractivity contribution is 5.89. The van der Waals surface area contributed by atoms with Gasteiger partial charge in [-0.1, -0.05) is 25.1 Å². The van der Waals surface area contributed by atoms with E-state index in [0.717, 1.165) is 44.3 Å². The highest BCUT2D eigenvalue weighted by atomic mass is 16.5. The maximum absolute atomic E-state index is 13.4. The monoisotopic (exact) mass is 460 g/mol. The van der Waals surface area contributed by atoms with E-state index in [9.17, 15) is 9.59 Å². The Bertz CT molecular complexity index is 1070. The van der Waals surface area contributed by atoms with Gasteiger partial charge in [0.2, 0.25) is 0 Å². The zero-order chi connectivity index (χ0) is 23.9. The van der Waals surface area contributed by atoms with Gasteiger partial charge in [0.05, 0.1) is 19.8 Å². The summed E-state index contributed by atoms with van der Waals surface area (Å²) in [5.41, 5.74) is 4.73. The molecule has 4 nitrogen and oxygen atoms in total. The Morgan fingerprint density at radius 2 is 1.79 bits per heavy atom. The first-order chi connectivity index (χ1) is 16.4.